The third-order valence-electron chi connectivity index (χ3n) is 6.06. The first kappa shape index (κ1) is 19.0. The SMILES string of the molecule is Cc1nc(CCCn2c(Cn3c(=O)n(C4CC4)c4ccncc43)nc3ccccc32)no1. The van der Waals surface area contributed by atoms with E-state index in [9.17, 15) is 4.79 Å². The monoisotopic (exact) mass is 429 g/mol. The number of benzene rings is 1. The summed E-state index contributed by atoms with van der Waals surface area (Å²) in [5.74, 6) is 2.15. The molecule has 9 heteroatoms. The zero-order valence-corrected chi connectivity index (χ0v) is 17.8. The van der Waals surface area contributed by atoms with Gasteiger partial charge in [-0.15, -0.1) is 0 Å². The number of hydrogen-bond acceptors (Lipinski definition) is 6. The van der Waals surface area contributed by atoms with E-state index in [1.54, 1.807) is 23.9 Å². The summed E-state index contributed by atoms with van der Waals surface area (Å²) in [6.45, 7) is 2.94. The predicted molar refractivity (Wildman–Crippen MR) is 118 cm³/mol. The zero-order chi connectivity index (χ0) is 21.7. The summed E-state index contributed by atoms with van der Waals surface area (Å²) in [5, 5.41) is 3.99. The van der Waals surface area contributed by atoms with Crippen molar-refractivity contribution in [2.75, 3.05) is 0 Å². The van der Waals surface area contributed by atoms with Crippen molar-refractivity contribution in [3.8, 4) is 0 Å². The lowest BCUT2D eigenvalue weighted by Gasteiger charge is -2.09. The molecule has 1 aliphatic carbocycles. The second kappa shape index (κ2) is 7.44. The molecule has 4 heterocycles. The van der Waals surface area contributed by atoms with Gasteiger partial charge in [0.1, 0.15) is 5.82 Å². The second-order valence-corrected chi connectivity index (χ2v) is 8.34. The number of pyridine rings is 1. The van der Waals surface area contributed by atoms with E-state index in [2.05, 4.69) is 25.8 Å². The van der Waals surface area contributed by atoms with Crippen molar-refractivity contribution in [2.24, 2.45) is 0 Å². The average Bonchev–Trinajstić information content (AvgIpc) is 3.36. The first-order valence-electron chi connectivity index (χ1n) is 11.0. The fraction of sp³-hybridized carbons (Fsp3) is 0.348. The maximum atomic E-state index is 13.3. The number of rotatable bonds is 7. The minimum atomic E-state index is 0.0105. The van der Waals surface area contributed by atoms with Crippen molar-refractivity contribution in [2.45, 2.75) is 51.7 Å². The molecule has 32 heavy (non-hydrogen) atoms. The predicted octanol–water partition coefficient (Wildman–Crippen LogP) is 3.26. The van der Waals surface area contributed by atoms with Gasteiger partial charge in [-0.3, -0.25) is 14.1 Å². The molecule has 0 saturated heterocycles. The standard InChI is InChI=1S/C23H23N7O2/c1-15-25-21(27-32-15)7-4-12-28-18-6-3-2-5-17(18)26-22(28)14-29-20-13-24-11-10-19(20)30(23(29)31)16-8-9-16/h2-3,5-6,10-11,13,16H,4,7-9,12,14H2,1H3. The molecule has 0 radical (unpaired) electrons. The van der Waals surface area contributed by atoms with E-state index in [0.29, 0.717) is 30.7 Å². The van der Waals surface area contributed by atoms with Crippen LogP contribution in [0.3, 0.4) is 0 Å². The average molecular weight is 429 g/mol. The summed E-state index contributed by atoms with van der Waals surface area (Å²) in [5.41, 5.74) is 3.79. The van der Waals surface area contributed by atoms with Crippen LogP contribution in [0.15, 0.2) is 52.0 Å². The Bertz CT molecular complexity index is 1490. The van der Waals surface area contributed by atoms with Gasteiger partial charge in [-0.25, -0.2) is 9.78 Å². The first-order valence-corrected chi connectivity index (χ1v) is 11.0. The number of para-hydroxylation sites is 2. The van der Waals surface area contributed by atoms with E-state index >= 15 is 0 Å². The van der Waals surface area contributed by atoms with Crippen LogP contribution < -0.4 is 5.69 Å². The normalized spacial score (nSPS) is 14.0. The Hall–Kier alpha value is -3.75. The third-order valence-corrected chi connectivity index (χ3v) is 6.06. The van der Waals surface area contributed by atoms with Crippen molar-refractivity contribution < 1.29 is 4.52 Å². The van der Waals surface area contributed by atoms with Gasteiger partial charge in [0, 0.05) is 32.1 Å². The van der Waals surface area contributed by atoms with E-state index < -0.39 is 0 Å². The van der Waals surface area contributed by atoms with Gasteiger partial charge in [0.2, 0.25) is 5.89 Å². The number of imidazole rings is 2. The molecule has 0 aliphatic heterocycles. The van der Waals surface area contributed by atoms with Gasteiger partial charge < -0.3 is 9.09 Å². The maximum Gasteiger partial charge on any atom is 0.329 e. The first-order chi connectivity index (χ1) is 15.7. The molecule has 162 valence electrons. The van der Waals surface area contributed by atoms with Gasteiger partial charge in [-0.05, 0) is 37.5 Å². The minimum absolute atomic E-state index is 0.0105. The minimum Gasteiger partial charge on any atom is -0.340 e. The molecule has 0 unspecified atom stereocenters. The van der Waals surface area contributed by atoms with Crippen molar-refractivity contribution >= 4 is 22.1 Å². The summed E-state index contributed by atoms with van der Waals surface area (Å²) in [4.78, 5) is 26.8. The lowest BCUT2D eigenvalue weighted by molar-refractivity contribution is 0.386. The summed E-state index contributed by atoms with van der Waals surface area (Å²) in [6.07, 6.45) is 7.19. The van der Waals surface area contributed by atoms with Crippen molar-refractivity contribution in [3.05, 3.63) is 70.7 Å². The Morgan fingerprint density at radius 2 is 1.94 bits per heavy atom. The summed E-state index contributed by atoms with van der Waals surface area (Å²) in [6, 6.07) is 10.3. The molecule has 1 saturated carbocycles. The highest BCUT2D eigenvalue weighted by Gasteiger charge is 2.29. The summed E-state index contributed by atoms with van der Waals surface area (Å²) < 4.78 is 11.0. The molecule has 0 amide bonds. The molecule has 6 rings (SSSR count). The number of aryl methyl sites for hydroxylation is 3. The molecule has 0 N–H and O–H groups in total. The van der Waals surface area contributed by atoms with Gasteiger partial charge in [0.25, 0.3) is 0 Å². The van der Waals surface area contributed by atoms with E-state index in [-0.39, 0.29) is 5.69 Å². The molecular weight excluding hydrogens is 406 g/mol. The number of hydrogen-bond donors (Lipinski definition) is 0. The van der Waals surface area contributed by atoms with Crippen molar-refractivity contribution in [3.63, 3.8) is 0 Å². The smallest absolute Gasteiger partial charge is 0.329 e. The molecule has 1 aliphatic rings. The van der Waals surface area contributed by atoms with Gasteiger partial charge >= 0.3 is 5.69 Å². The van der Waals surface area contributed by atoms with E-state index in [4.69, 9.17) is 9.51 Å². The van der Waals surface area contributed by atoms with Crippen molar-refractivity contribution in [1.29, 1.82) is 0 Å². The lowest BCUT2D eigenvalue weighted by Crippen LogP contribution is -2.25. The summed E-state index contributed by atoms with van der Waals surface area (Å²) in [7, 11) is 0. The zero-order valence-electron chi connectivity index (χ0n) is 17.8. The Morgan fingerprint density at radius 1 is 1.06 bits per heavy atom. The Labute approximate surface area is 183 Å². The highest BCUT2D eigenvalue weighted by atomic mass is 16.5. The molecule has 5 aromatic rings. The van der Waals surface area contributed by atoms with Crippen LogP contribution >= 0.6 is 0 Å². The second-order valence-electron chi connectivity index (χ2n) is 8.34. The summed E-state index contributed by atoms with van der Waals surface area (Å²) >= 11 is 0. The quantitative estimate of drug-likeness (QED) is 0.394. The number of fused-ring (bicyclic) bond motifs is 2. The van der Waals surface area contributed by atoms with E-state index in [1.165, 1.54) is 0 Å². The largest absolute Gasteiger partial charge is 0.340 e. The molecule has 9 nitrogen and oxygen atoms in total. The Kier molecular flexibility index (Phi) is 4.41. The van der Waals surface area contributed by atoms with Crippen LogP contribution in [0, 0.1) is 6.92 Å². The molecular formula is C23H23N7O2. The number of aromatic nitrogens is 7. The van der Waals surface area contributed by atoms with Crippen LogP contribution in [0.4, 0.5) is 0 Å². The fourth-order valence-electron chi connectivity index (χ4n) is 4.44. The topological polar surface area (TPSA) is 96.6 Å². The van der Waals surface area contributed by atoms with Crippen LogP contribution in [0.1, 0.15) is 42.8 Å². The van der Waals surface area contributed by atoms with E-state index in [1.807, 2.05) is 28.8 Å². The van der Waals surface area contributed by atoms with Crippen LogP contribution in [0.2, 0.25) is 0 Å². The maximum absolute atomic E-state index is 13.3. The molecule has 4 aromatic heterocycles. The van der Waals surface area contributed by atoms with Crippen LogP contribution in [0.5, 0.6) is 0 Å². The lowest BCUT2D eigenvalue weighted by atomic mass is 10.2. The third kappa shape index (κ3) is 3.21. The van der Waals surface area contributed by atoms with Gasteiger partial charge in [0.05, 0.1) is 34.8 Å². The highest BCUT2D eigenvalue weighted by molar-refractivity contribution is 5.77. The molecule has 0 bridgehead atoms. The van der Waals surface area contributed by atoms with Gasteiger partial charge in [-0.2, -0.15) is 4.98 Å². The Balaban J connectivity index is 1.37. The molecule has 1 fully saturated rings. The van der Waals surface area contributed by atoms with Crippen molar-refractivity contribution in [1.82, 2.24) is 33.8 Å². The van der Waals surface area contributed by atoms with Gasteiger partial charge in [-0.1, -0.05) is 17.3 Å². The molecule has 0 spiro atoms. The Morgan fingerprint density at radius 3 is 2.75 bits per heavy atom. The highest BCUT2D eigenvalue weighted by Crippen LogP contribution is 2.36. The van der Waals surface area contributed by atoms with E-state index in [0.717, 1.165) is 53.7 Å². The fourth-order valence-corrected chi connectivity index (χ4v) is 4.44. The molecule has 1 aromatic carbocycles. The van der Waals surface area contributed by atoms with Crippen LogP contribution in [-0.4, -0.2) is 33.8 Å². The van der Waals surface area contributed by atoms with Crippen LogP contribution in [-0.2, 0) is 19.5 Å². The van der Waals surface area contributed by atoms with Crippen LogP contribution in [0.25, 0.3) is 22.1 Å². The number of nitrogens with zero attached hydrogens (tertiary/aromatic N) is 7. The van der Waals surface area contributed by atoms with Gasteiger partial charge in [0.15, 0.2) is 5.82 Å². The molecule has 0 atom stereocenters.